The average molecular weight is 113 g/mol. The smallest absolute Gasteiger partial charge is 0.376 e. The molecule has 0 aromatic carbocycles. The van der Waals surface area contributed by atoms with Crippen LogP contribution in [0.25, 0.3) is 0 Å². The van der Waals surface area contributed by atoms with Gasteiger partial charge in [-0.1, -0.05) is 6.92 Å². The number of hydrogen-bond donors (Lipinski definition) is 1. The van der Waals surface area contributed by atoms with Crippen molar-refractivity contribution in [2.75, 3.05) is 13.1 Å². The summed E-state index contributed by atoms with van der Waals surface area (Å²) in [5, 5.41) is 8.92. The molecule has 3 heteroatoms. The van der Waals surface area contributed by atoms with Crippen LogP contribution in [0.5, 0.6) is 0 Å². The zero-order valence-corrected chi connectivity index (χ0v) is 5.46. The van der Waals surface area contributed by atoms with E-state index in [9.17, 15) is 0 Å². The molecule has 1 aliphatic rings. The molecule has 0 aliphatic carbocycles. The van der Waals surface area contributed by atoms with Gasteiger partial charge in [-0.15, -0.1) is 0 Å². The lowest BCUT2D eigenvalue weighted by molar-refractivity contribution is 0.191. The summed E-state index contributed by atoms with van der Waals surface area (Å²) in [6.07, 6.45) is 0. The zero-order valence-electron chi connectivity index (χ0n) is 5.46. The minimum atomic E-state index is -0.230. The Bertz CT molecular complexity index is 80.5. The van der Waals surface area contributed by atoms with Crippen LogP contribution in [-0.4, -0.2) is 30.0 Å². The van der Waals surface area contributed by atoms with E-state index in [-0.39, 0.29) is 7.05 Å². The van der Waals surface area contributed by atoms with Gasteiger partial charge in [-0.05, 0) is 25.8 Å². The van der Waals surface area contributed by atoms with Crippen LogP contribution < -0.4 is 0 Å². The maximum atomic E-state index is 8.92. The van der Waals surface area contributed by atoms with Crippen molar-refractivity contribution in [3.05, 3.63) is 0 Å². The van der Waals surface area contributed by atoms with E-state index >= 15 is 0 Å². The third kappa shape index (κ3) is 1.04. The van der Waals surface area contributed by atoms with Crippen molar-refractivity contribution in [2.45, 2.75) is 13.7 Å². The van der Waals surface area contributed by atoms with Gasteiger partial charge in [0.25, 0.3) is 0 Å². The highest BCUT2D eigenvalue weighted by Gasteiger charge is 2.27. The van der Waals surface area contributed by atoms with Gasteiger partial charge in [-0.25, -0.2) is 0 Å². The van der Waals surface area contributed by atoms with Crippen molar-refractivity contribution in [2.24, 2.45) is 5.92 Å². The molecule has 0 amide bonds. The van der Waals surface area contributed by atoms with Gasteiger partial charge >= 0.3 is 7.05 Å². The van der Waals surface area contributed by atoms with Gasteiger partial charge in [0.15, 0.2) is 0 Å². The SMILES string of the molecule is CB(O)N1CC(C)C1. The minimum Gasteiger partial charge on any atom is -0.437 e. The summed E-state index contributed by atoms with van der Waals surface area (Å²) in [6.45, 7) is 6.14. The van der Waals surface area contributed by atoms with E-state index in [1.807, 2.05) is 11.6 Å². The molecule has 0 aromatic heterocycles. The molecule has 0 atom stereocenters. The quantitative estimate of drug-likeness (QED) is 0.485. The average Bonchev–Trinajstić information content (AvgIpc) is 1.57. The maximum Gasteiger partial charge on any atom is 0.376 e. The molecule has 1 aliphatic heterocycles. The Balaban J connectivity index is 2.15. The van der Waals surface area contributed by atoms with E-state index in [1.54, 1.807) is 0 Å². The molecule has 1 heterocycles. The lowest BCUT2D eigenvalue weighted by atomic mass is 9.79. The van der Waals surface area contributed by atoms with Crippen molar-refractivity contribution in [1.82, 2.24) is 4.81 Å². The van der Waals surface area contributed by atoms with Crippen molar-refractivity contribution >= 4 is 7.05 Å². The third-order valence-electron chi connectivity index (χ3n) is 1.62. The first kappa shape index (κ1) is 6.11. The molecule has 0 unspecified atom stereocenters. The molecular weight excluding hydrogens is 101 g/mol. The first-order valence-corrected chi connectivity index (χ1v) is 3.12. The first-order chi connectivity index (χ1) is 3.70. The Morgan fingerprint density at radius 3 is 2.25 bits per heavy atom. The maximum absolute atomic E-state index is 8.92. The molecule has 1 N–H and O–H groups in total. The zero-order chi connectivity index (χ0) is 6.15. The summed E-state index contributed by atoms with van der Waals surface area (Å²) < 4.78 is 0. The van der Waals surface area contributed by atoms with Crippen molar-refractivity contribution < 1.29 is 5.02 Å². The van der Waals surface area contributed by atoms with Gasteiger partial charge in [-0.3, -0.25) is 0 Å². The van der Waals surface area contributed by atoms with Gasteiger partial charge in [0.05, 0.1) is 0 Å². The van der Waals surface area contributed by atoms with Crippen LogP contribution in [0.15, 0.2) is 0 Å². The molecule has 8 heavy (non-hydrogen) atoms. The number of rotatable bonds is 1. The lowest BCUT2D eigenvalue weighted by Crippen LogP contribution is -2.52. The summed E-state index contributed by atoms with van der Waals surface area (Å²) in [5.74, 6) is 0.796. The van der Waals surface area contributed by atoms with Crippen molar-refractivity contribution in [3.8, 4) is 0 Å². The highest BCUT2D eigenvalue weighted by molar-refractivity contribution is 6.45. The second-order valence-corrected chi connectivity index (χ2v) is 2.69. The van der Waals surface area contributed by atoms with E-state index in [0.29, 0.717) is 0 Å². The molecule has 2 nitrogen and oxygen atoms in total. The van der Waals surface area contributed by atoms with Crippen LogP contribution in [0, 0.1) is 5.92 Å². The van der Waals surface area contributed by atoms with Gasteiger partial charge in [0.2, 0.25) is 0 Å². The molecule has 0 aromatic rings. The molecular formula is C5H12BNO. The van der Waals surface area contributed by atoms with Crippen LogP contribution in [0.3, 0.4) is 0 Å². The van der Waals surface area contributed by atoms with Crippen LogP contribution in [0.4, 0.5) is 0 Å². The molecule has 1 fully saturated rings. The van der Waals surface area contributed by atoms with E-state index in [0.717, 1.165) is 19.0 Å². The molecule has 0 spiro atoms. The van der Waals surface area contributed by atoms with E-state index in [2.05, 4.69) is 6.92 Å². The highest BCUT2D eigenvalue weighted by atomic mass is 16.2. The standard InChI is InChI=1S/C5H12BNO/c1-5-3-7(4-5)6(2)8/h5,8H,3-4H2,1-2H3. The molecule has 0 bridgehead atoms. The van der Waals surface area contributed by atoms with Gasteiger partial charge in [0.1, 0.15) is 0 Å². The number of hydrogen-bond acceptors (Lipinski definition) is 2. The summed E-state index contributed by atoms with van der Waals surface area (Å²) in [7, 11) is -0.230. The Kier molecular flexibility index (Phi) is 1.58. The van der Waals surface area contributed by atoms with Crippen LogP contribution >= 0.6 is 0 Å². The van der Waals surface area contributed by atoms with Gasteiger partial charge in [-0.2, -0.15) is 0 Å². The normalized spacial score (nSPS) is 22.9. The topological polar surface area (TPSA) is 23.5 Å². The molecule has 1 saturated heterocycles. The Morgan fingerprint density at radius 1 is 1.62 bits per heavy atom. The second-order valence-electron chi connectivity index (χ2n) is 2.69. The predicted octanol–water partition coefficient (Wildman–Crippen LogP) is 0.0484. The minimum absolute atomic E-state index is 0.230. The van der Waals surface area contributed by atoms with E-state index < -0.39 is 0 Å². The highest BCUT2D eigenvalue weighted by Crippen LogP contribution is 2.13. The van der Waals surface area contributed by atoms with Crippen molar-refractivity contribution in [1.29, 1.82) is 0 Å². The summed E-state index contributed by atoms with van der Waals surface area (Å²) in [5.41, 5.74) is 0. The molecule has 0 saturated carbocycles. The van der Waals surface area contributed by atoms with Crippen molar-refractivity contribution in [3.63, 3.8) is 0 Å². The monoisotopic (exact) mass is 113 g/mol. The van der Waals surface area contributed by atoms with Gasteiger partial charge in [0, 0.05) is 0 Å². The predicted molar refractivity (Wildman–Crippen MR) is 34.6 cm³/mol. The van der Waals surface area contributed by atoms with Crippen LogP contribution in [0.2, 0.25) is 6.82 Å². The summed E-state index contributed by atoms with van der Waals surface area (Å²) in [6, 6.07) is 0. The fourth-order valence-corrected chi connectivity index (χ4v) is 1.05. The third-order valence-corrected chi connectivity index (χ3v) is 1.62. The second kappa shape index (κ2) is 2.07. The first-order valence-electron chi connectivity index (χ1n) is 3.12. The van der Waals surface area contributed by atoms with Gasteiger partial charge < -0.3 is 9.83 Å². The Labute approximate surface area is 50.6 Å². The Hall–Kier alpha value is -0.0151. The Morgan fingerprint density at radius 2 is 2.12 bits per heavy atom. The fourth-order valence-electron chi connectivity index (χ4n) is 1.05. The van der Waals surface area contributed by atoms with Crippen LogP contribution in [-0.2, 0) is 0 Å². The van der Waals surface area contributed by atoms with Crippen LogP contribution in [0.1, 0.15) is 6.92 Å². The fraction of sp³-hybridized carbons (Fsp3) is 1.00. The lowest BCUT2D eigenvalue weighted by Gasteiger charge is -2.37. The molecule has 0 radical (unpaired) electrons. The summed E-state index contributed by atoms with van der Waals surface area (Å²) >= 11 is 0. The largest absolute Gasteiger partial charge is 0.437 e. The van der Waals surface area contributed by atoms with E-state index in [4.69, 9.17) is 5.02 Å². The molecule has 46 valence electrons. The summed E-state index contributed by atoms with van der Waals surface area (Å²) in [4.78, 5) is 2.05. The van der Waals surface area contributed by atoms with E-state index in [1.165, 1.54) is 0 Å². The molecule has 1 rings (SSSR count). The number of nitrogens with zero attached hydrogens (tertiary/aromatic N) is 1.